The van der Waals surface area contributed by atoms with Crippen molar-refractivity contribution in [2.45, 2.75) is 46.1 Å². The van der Waals surface area contributed by atoms with Gasteiger partial charge in [0.25, 0.3) is 0 Å². The fourth-order valence-corrected chi connectivity index (χ4v) is 2.71. The number of carbonyl (C=O) groups is 1. The minimum absolute atomic E-state index is 0.131. The summed E-state index contributed by atoms with van der Waals surface area (Å²) in [5.74, 6) is 2.53. The monoisotopic (exact) mass is 319 g/mol. The van der Waals surface area contributed by atoms with Crippen molar-refractivity contribution in [1.29, 1.82) is 0 Å². The molecule has 1 aliphatic rings. The fourth-order valence-electron chi connectivity index (χ4n) is 2.71. The molecule has 23 heavy (non-hydrogen) atoms. The molecule has 0 spiro atoms. The second-order valence-electron chi connectivity index (χ2n) is 6.87. The standard InChI is InChI=1S/C17H29N5O/c1-13(2)6-5-7-14(3)20-15-10-16(19-12-18-15)22-9-8-21(4)17(23)11-22/h10,12-14H,5-9,11H2,1-4H3,(H,18,19,20). The number of nitrogens with one attached hydrogen (secondary N) is 1. The van der Waals surface area contributed by atoms with Crippen LogP contribution in [-0.2, 0) is 4.79 Å². The lowest BCUT2D eigenvalue weighted by atomic mass is 10.0. The molecule has 1 aliphatic heterocycles. The number of hydrogen-bond donors (Lipinski definition) is 1. The van der Waals surface area contributed by atoms with Crippen molar-refractivity contribution >= 4 is 17.5 Å². The Balaban J connectivity index is 1.90. The van der Waals surface area contributed by atoms with Crippen LogP contribution in [0.25, 0.3) is 0 Å². The highest BCUT2D eigenvalue weighted by molar-refractivity contribution is 5.82. The number of carbonyl (C=O) groups excluding carboxylic acids is 1. The summed E-state index contributed by atoms with van der Waals surface area (Å²) in [6, 6.07) is 2.32. The number of piperazine rings is 1. The third-order valence-corrected chi connectivity index (χ3v) is 4.25. The summed E-state index contributed by atoms with van der Waals surface area (Å²) in [4.78, 5) is 24.2. The molecule has 0 aromatic carbocycles. The number of likely N-dealkylation sites (N-methyl/N-ethyl adjacent to an activating group) is 1. The Hall–Kier alpha value is -1.85. The minimum Gasteiger partial charge on any atom is -0.367 e. The second kappa shape index (κ2) is 8.13. The lowest BCUT2D eigenvalue weighted by Crippen LogP contribution is -2.48. The zero-order valence-corrected chi connectivity index (χ0v) is 14.7. The zero-order chi connectivity index (χ0) is 16.8. The highest BCUT2D eigenvalue weighted by Crippen LogP contribution is 2.18. The van der Waals surface area contributed by atoms with Crippen molar-refractivity contribution in [3.63, 3.8) is 0 Å². The van der Waals surface area contributed by atoms with Gasteiger partial charge >= 0.3 is 0 Å². The molecule has 0 radical (unpaired) electrons. The average Bonchev–Trinajstić information content (AvgIpc) is 2.50. The maximum atomic E-state index is 11.8. The molecule has 0 aliphatic carbocycles. The van der Waals surface area contributed by atoms with Gasteiger partial charge in [-0.25, -0.2) is 9.97 Å². The topological polar surface area (TPSA) is 61.4 Å². The van der Waals surface area contributed by atoms with Gasteiger partial charge in [0.05, 0.1) is 6.54 Å². The second-order valence-corrected chi connectivity index (χ2v) is 6.87. The SMILES string of the molecule is CC(C)CCCC(C)Nc1cc(N2CCN(C)C(=O)C2)ncn1. The molecule has 1 aromatic rings. The molecule has 1 saturated heterocycles. The van der Waals surface area contributed by atoms with Crippen LogP contribution in [0.1, 0.15) is 40.0 Å². The van der Waals surface area contributed by atoms with Crippen molar-refractivity contribution in [2.75, 3.05) is 36.9 Å². The van der Waals surface area contributed by atoms with Gasteiger partial charge in [-0.1, -0.05) is 26.7 Å². The van der Waals surface area contributed by atoms with Crippen LogP contribution in [0, 0.1) is 5.92 Å². The smallest absolute Gasteiger partial charge is 0.241 e. The first-order valence-electron chi connectivity index (χ1n) is 8.53. The Morgan fingerprint density at radius 2 is 2.00 bits per heavy atom. The van der Waals surface area contributed by atoms with Crippen LogP contribution < -0.4 is 10.2 Å². The number of anilines is 2. The first-order chi connectivity index (χ1) is 11.0. The summed E-state index contributed by atoms with van der Waals surface area (Å²) in [5, 5.41) is 3.44. The molecular weight excluding hydrogens is 290 g/mol. The molecule has 1 aromatic heterocycles. The molecule has 1 N–H and O–H groups in total. The Labute approximate surface area is 139 Å². The van der Waals surface area contributed by atoms with Gasteiger partial charge in [0, 0.05) is 32.2 Å². The molecule has 128 valence electrons. The van der Waals surface area contributed by atoms with Crippen LogP contribution in [0.5, 0.6) is 0 Å². The van der Waals surface area contributed by atoms with Crippen LogP contribution in [0.15, 0.2) is 12.4 Å². The zero-order valence-electron chi connectivity index (χ0n) is 14.7. The van der Waals surface area contributed by atoms with E-state index in [1.54, 1.807) is 11.2 Å². The van der Waals surface area contributed by atoms with Gasteiger partial charge in [-0.05, 0) is 19.3 Å². The van der Waals surface area contributed by atoms with Crippen LogP contribution in [0.3, 0.4) is 0 Å². The van der Waals surface area contributed by atoms with Crippen molar-refractivity contribution < 1.29 is 4.79 Å². The van der Waals surface area contributed by atoms with E-state index >= 15 is 0 Å². The summed E-state index contributed by atoms with van der Waals surface area (Å²) < 4.78 is 0. The fraction of sp³-hybridized carbons (Fsp3) is 0.706. The van der Waals surface area contributed by atoms with E-state index in [9.17, 15) is 4.79 Å². The summed E-state index contributed by atoms with van der Waals surface area (Å²) in [6.07, 6.45) is 5.17. The summed E-state index contributed by atoms with van der Waals surface area (Å²) in [7, 11) is 1.84. The summed E-state index contributed by atoms with van der Waals surface area (Å²) in [6.45, 7) is 8.62. The predicted molar refractivity (Wildman–Crippen MR) is 93.7 cm³/mol. The molecule has 1 amide bonds. The van der Waals surface area contributed by atoms with E-state index in [1.165, 1.54) is 12.8 Å². The number of rotatable bonds is 7. The van der Waals surface area contributed by atoms with Crippen LogP contribution >= 0.6 is 0 Å². The van der Waals surface area contributed by atoms with Crippen LogP contribution in [-0.4, -0.2) is 53.5 Å². The van der Waals surface area contributed by atoms with Gasteiger partial charge in [-0.2, -0.15) is 0 Å². The van der Waals surface area contributed by atoms with Crippen LogP contribution in [0.2, 0.25) is 0 Å². The van der Waals surface area contributed by atoms with E-state index in [-0.39, 0.29) is 5.91 Å². The Kier molecular flexibility index (Phi) is 6.19. The highest BCUT2D eigenvalue weighted by atomic mass is 16.2. The molecular formula is C17H29N5O. The van der Waals surface area contributed by atoms with E-state index in [2.05, 4.69) is 36.1 Å². The van der Waals surface area contributed by atoms with Gasteiger partial charge in [-0.15, -0.1) is 0 Å². The predicted octanol–water partition coefficient (Wildman–Crippen LogP) is 2.38. The third kappa shape index (κ3) is 5.37. The first-order valence-corrected chi connectivity index (χ1v) is 8.53. The molecule has 1 unspecified atom stereocenters. The summed E-state index contributed by atoms with van der Waals surface area (Å²) >= 11 is 0. The Morgan fingerprint density at radius 3 is 2.70 bits per heavy atom. The van der Waals surface area contributed by atoms with Crippen molar-refractivity contribution in [3.8, 4) is 0 Å². The molecule has 1 atom stereocenters. The summed E-state index contributed by atoms with van der Waals surface area (Å²) in [5.41, 5.74) is 0. The third-order valence-electron chi connectivity index (χ3n) is 4.25. The molecule has 2 heterocycles. The normalized spacial score (nSPS) is 16.8. The van der Waals surface area contributed by atoms with Gasteiger partial charge in [0.15, 0.2) is 0 Å². The number of amides is 1. The Bertz CT molecular complexity index is 519. The van der Waals surface area contributed by atoms with E-state index in [0.29, 0.717) is 12.6 Å². The minimum atomic E-state index is 0.131. The molecule has 0 bridgehead atoms. The lowest BCUT2D eigenvalue weighted by Gasteiger charge is -2.32. The van der Waals surface area contributed by atoms with E-state index in [1.807, 2.05) is 18.0 Å². The van der Waals surface area contributed by atoms with Gasteiger partial charge in [-0.3, -0.25) is 4.79 Å². The maximum Gasteiger partial charge on any atom is 0.241 e. The van der Waals surface area contributed by atoms with Gasteiger partial charge < -0.3 is 15.1 Å². The van der Waals surface area contributed by atoms with Crippen LogP contribution in [0.4, 0.5) is 11.6 Å². The quantitative estimate of drug-likeness (QED) is 0.836. The van der Waals surface area contributed by atoms with Gasteiger partial charge in [0.2, 0.25) is 5.91 Å². The number of aromatic nitrogens is 2. The molecule has 6 nitrogen and oxygen atoms in total. The van der Waals surface area contributed by atoms with E-state index in [0.717, 1.165) is 37.1 Å². The molecule has 6 heteroatoms. The number of nitrogens with zero attached hydrogens (tertiary/aromatic N) is 4. The highest BCUT2D eigenvalue weighted by Gasteiger charge is 2.22. The van der Waals surface area contributed by atoms with E-state index < -0.39 is 0 Å². The van der Waals surface area contributed by atoms with E-state index in [4.69, 9.17) is 0 Å². The first kappa shape index (κ1) is 17.5. The Morgan fingerprint density at radius 1 is 1.22 bits per heavy atom. The average molecular weight is 319 g/mol. The van der Waals surface area contributed by atoms with Crippen molar-refractivity contribution in [1.82, 2.24) is 14.9 Å². The van der Waals surface area contributed by atoms with Crippen molar-refractivity contribution in [3.05, 3.63) is 12.4 Å². The van der Waals surface area contributed by atoms with Gasteiger partial charge in [0.1, 0.15) is 18.0 Å². The molecule has 0 saturated carbocycles. The lowest BCUT2D eigenvalue weighted by molar-refractivity contribution is -0.129. The largest absolute Gasteiger partial charge is 0.367 e. The molecule has 1 fully saturated rings. The van der Waals surface area contributed by atoms with Crippen molar-refractivity contribution in [2.24, 2.45) is 5.92 Å². The number of hydrogen-bond acceptors (Lipinski definition) is 5. The molecule has 2 rings (SSSR count). The maximum absolute atomic E-state index is 11.8.